The minimum Gasteiger partial charge on any atom is -0.283 e. The Morgan fingerprint density at radius 3 is 1.82 bits per heavy atom. The van der Waals surface area contributed by atoms with E-state index in [1.54, 1.807) is 24.3 Å². The van der Waals surface area contributed by atoms with Gasteiger partial charge in [0.1, 0.15) is 11.3 Å². The first kappa shape index (κ1) is 14.0. The summed E-state index contributed by atoms with van der Waals surface area (Å²) in [7, 11) is 1.43. The Bertz CT molecular complexity index is 723. The van der Waals surface area contributed by atoms with E-state index in [1.165, 1.54) is 7.05 Å². The van der Waals surface area contributed by atoms with E-state index >= 15 is 0 Å². The molecule has 0 spiro atoms. The number of nitriles is 1. The third-order valence-electron chi connectivity index (χ3n) is 4.24. The lowest BCUT2D eigenvalue weighted by atomic mass is 9.67. The quantitative estimate of drug-likeness (QED) is 0.796. The van der Waals surface area contributed by atoms with Gasteiger partial charge in [0.2, 0.25) is 11.8 Å². The van der Waals surface area contributed by atoms with Gasteiger partial charge >= 0.3 is 0 Å². The number of likely N-dealkylation sites (tertiary alicyclic amines) is 1. The maximum absolute atomic E-state index is 13.0. The molecule has 2 amide bonds. The number of benzene rings is 2. The Balaban J connectivity index is 2.37. The fourth-order valence-corrected chi connectivity index (χ4v) is 3.17. The summed E-state index contributed by atoms with van der Waals surface area (Å²) in [5.74, 6) is -1.88. The number of carbonyl (C=O) groups is 2. The smallest absolute Gasteiger partial charge is 0.248 e. The fourth-order valence-electron chi connectivity index (χ4n) is 3.17. The second kappa shape index (κ2) is 5.12. The van der Waals surface area contributed by atoms with Gasteiger partial charge in [0, 0.05) is 7.05 Å². The number of nitrogens with zero attached hydrogens (tertiary/aromatic N) is 2. The van der Waals surface area contributed by atoms with E-state index in [4.69, 9.17) is 0 Å². The molecule has 1 unspecified atom stereocenters. The van der Waals surface area contributed by atoms with Crippen LogP contribution in [0.3, 0.4) is 0 Å². The minimum absolute atomic E-state index is 0.360. The normalized spacial score (nSPS) is 20.0. The standard InChI is InChI=1S/C18H14N2O2/c1-20-16(21)15(12-19)18(17(20)22,13-8-4-2-5-9-13)14-10-6-3-7-11-14/h2-11,15H,1H3. The molecule has 22 heavy (non-hydrogen) atoms. The van der Waals surface area contributed by atoms with Crippen molar-refractivity contribution in [2.75, 3.05) is 7.05 Å². The summed E-state index contributed by atoms with van der Waals surface area (Å²) in [6.07, 6.45) is 0. The van der Waals surface area contributed by atoms with Crippen LogP contribution in [-0.4, -0.2) is 23.8 Å². The molecule has 108 valence electrons. The van der Waals surface area contributed by atoms with E-state index in [1.807, 2.05) is 36.4 Å². The lowest BCUT2D eigenvalue weighted by molar-refractivity contribution is -0.138. The first-order chi connectivity index (χ1) is 10.6. The van der Waals surface area contributed by atoms with Gasteiger partial charge in [-0.15, -0.1) is 0 Å². The van der Waals surface area contributed by atoms with E-state index < -0.39 is 17.2 Å². The van der Waals surface area contributed by atoms with Crippen molar-refractivity contribution in [2.24, 2.45) is 5.92 Å². The van der Waals surface area contributed by atoms with Crippen LogP contribution in [0.15, 0.2) is 60.7 Å². The van der Waals surface area contributed by atoms with Gasteiger partial charge in [-0.3, -0.25) is 14.5 Å². The van der Waals surface area contributed by atoms with E-state index in [2.05, 4.69) is 6.07 Å². The molecule has 0 N–H and O–H groups in total. The van der Waals surface area contributed by atoms with E-state index in [0.29, 0.717) is 11.1 Å². The van der Waals surface area contributed by atoms with Gasteiger partial charge in [-0.05, 0) is 11.1 Å². The fraction of sp³-hybridized carbons (Fsp3) is 0.167. The Labute approximate surface area is 128 Å². The maximum atomic E-state index is 13.0. The highest BCUT2D eigenvalue weighted by atomic mass is 16.2. The van der Waals surface area contributed by atoms with Crippen LogP contribution in [0.25, 0.3) is 0 Å². The first-order valence-electron chi connectivity index (χ1n) is 6.96. The second-order valence-corrected chi connectivity index (χ2v) is 5.30. The summed E-state index contributed by atoms with van der Waals surface area (Å²) in [5, 5.41) is 9.58. The van der Waals surface area contributed by atoms with Crippen molar-refractivity contribution < 1.29 is 9.59 Å². The lowest BCUT2D eigenvalue weighted by Gasteiger charge is -2.29. The summed E-state index contributed by atoms with van der Waals surface area (Å²) in [6, 6.07) is 20.1. The van der Waals surface area contributed by atoms with Crippen LogP contribution >= 0.6 is 0 Å². The molecule has 4 nitrogen and oxygen atoms in total. The topological polar surface area (TPSA) is 61.2 Å². The average Bonchev–Trinajstić information content (AvgIpc) is 2.78. The van der Waals surface area contributed by atoms with Crippen LogP contribution in [0.1, 0.15) is 11.1 Å². The zero-order chi connectivity index (χ0) is 15.7. The molecule has 1 aliphatic heterocycles. The number of carbonyl (C=O) groups excluding carboxylic acids is 2. The largest absolute Gasteiger partial charge is 0.283 e. The van der Waals surface area contributed by atoms with E-state index in [9.17, 15) is 14.9 Å². The Kier molecular flexibility index (Phi) is 3.26. The Hall–Kier alpha value is -2.93. The lowest BCUT2D eigenvalue weighted by Crippen LogP contribution is -2.41. The SMILES string of the molecule is CN1C(=O)C(C#N)C(c2ccccc2)(c2ccccc2)C1=O. The third-order valence-corrected chi connectivity index (χ3v) is 4.24. The molecule has 0 saturated carbocycles. The van der Waals surface area contributed by atoms with Crippen LogP contribution in [-0.2, 0) is 15.0 Å². The van der Waals surface area contributed by atoms with Gasteiger partial charge in [0.25, 0.3) is 0 Å². The summed E-state index contributed by atoms with van der Waals surface area (Å²) in [6.45, 7) is 0. The molecule has 2 aromatic carbocycles. The van der Waals surface area contributed by atoms with Crippen LogP contribution in [0.4, 0.5) is 0 Å². The van der Waals surface area contributed by atoms with Gasteiger partial charge in [-0.2, -0.15) is 5.26 Å². The molecule has 2 aromatic rings. The zero-order valence-corrected chi connectivity index (χ0v) is 12.1. The van der Waals surface area contributed by atoms with Crippen molar-refractivity contribution in [1.82, 2.24) is 4.90 Å². The molecule has 0 radical (unpaired) electrons. The molecule has 4 heteroatoms. The Morgan fingerprint density at radius 2 is 1.41 bits per heavy atom. The average molecular weight is 290 g/mol. The van der Waals surface area contributed by atoms with Crippen molar-refractivity contribution in [3.8, 4) is 6.07 Å². The number of hydrogen-bond donors (Lipinski definition) is 0. The van der Waals surface area contributed by atoms with E-state index in [0.717, 1.165) is 4.90 Å². The summed E-state index contributed by atoms with van der Waals surface area (Å²) < 4.78 is 0. The number of imide groups is 1. The monoisotopic (exact) mass is 290 g/mol. The molecule has 1 saturated heterocycles. The van der Waals surface area contributed by atoms with Crippen LogP contribution in [0.5, 0.6) is 0 Å². The molecule has 1 fully saturated rings. The molecule has 1 aliphatic rings. The van der Waals surface area contributed by atoms with E-state index in [-0.39, 0.29) is 5.91 Å². The maximum Gasteiger partial charge on any atom is 0.248 e. The minimum atomic E-state index is -1.27. The van der Waals surface area contributed by atoms with Crippen molar-refractivity contribution in [1.29, 1.82) is 5.26 Å². The van der Waals surface area contributed by atoms with Crippen LogP contribution in [0, 0.1) is 17.2 Å². The first-order valence-corrected chi connectivity index (χ1v) is 6.96. The number of likely N-dealkylation sites (N-methyl/N-ethyl adjacent to an activating group) is 1. The van der Waals surface area contributed by atoms with Crippen molar-refractivity contribution >= 4 is 11.8 Å². The Morgan fingerprint density at radius 1 is 0.955 bits per heavy atom. The van der Waals surface area contributed by atoms with Gasteiger partial charge in [0.15, 0.2) is 0 Å². The van der Waals surface area contributed by atoms with Crippen molar-refractivity contribution in [3.63, 3.8) is 0 Å². The highest BCUT2D eigenvalue weighted by Gasteiger charge is 2.60. The third kappa shape index (κ3) is 1.69. The predicted molar refractivity (Wildman–Crippen MR) is 80.5 cm³/mol. The van der Waals surface area contributed by atoms with Crippen molar-refractivity contribution in [2.45, 2.75) is 5.41 Å². The molecule has 3 rings (SSSR count). The predicted octanol–water partition coefficient (Wildman–Crippen LogP) is 2.11. The number of amides is 2. The molecule has 1 atom stereocenters. The van der Waals surface area contributed by atoms with Gasteiger partial charge < -0.3 is 0 Å². The highest BCUT2D eigenvalue weighted by Crippen LogP contribution is 2.45. The molecule has 0 bridgehead atoms. The second-order valence-electron chi connectivity index (χ2n) is 5.30. The van der Waals surface area contributed by atoms with Crippen LogP contribution < -0.4 is 0 Å². The number of hydrogen-bond acceptors (Lipinski definition) is 3. The summed E-state index contributed by atoms with van der Waals surface area (Å²) in [5.41, 5.74) is 0.0502. The van der Waals surface area contributed by atoms with Gasteiger partial charge in [-0.1, -0.05) is 60.7 Å². The van der Waals surface area contributed by atoms with Gasteiger partial charge in [-0.25, -0.2) is 0 Å². The number of rotatable bonds is 2. The summed E-state index contributed by atoms with van der Waals surface area (Å²) in [4.78, 5) is 26.4. The molecular formula is C18H14N2O2. The molecule has 0 aliphatic carbocycles. The van der Waals surface area contributed by atoms with Gasteiger partial charge in [0.05, 0.1) is 6.07 Å². The molecule has 0 aromatic heterocycles. The zero-order valence-electron chi connectivity index (χ0n) is 12.1. The molecule has 1 heterocycles. The highest BCUT2D eigenvalue weighted by molar-refractivity contribution is 6.13. The summed E-state index contributed by atoms with van der Waals surface area (Å²) >= 11 is 0. The molecular weight excluding hydrogens is 276 g/mol. The van der Waals surface area contributed by atoms with Crippen LogP contribution in [0.2, 0.25) is 0 Å². The van der Waals surface area contributed by atoms with Crippen molar-refractivity contribution in [3.05, 3.63) is 71.8 Å².